The van der Waals surface area contributed by atoms with E-state index in [0.29, 0.717) is 0 Å². The summed E-state index contributed by atoms with van der Waals surface area (Å²) in [6.07, 6.45) is 2.16. The topological polar surface area (TPSA) is 61.8 Å². The van der Waals surface area contributed by atoms with Gasteiger partial charge in [0.1, 0.15) is 0 Å². The van der Waals surface area contributed by atoms with E-state index in [4.69, 9.17) is 9.73 Å². The van der Waals surface area contributed by atoms with Gasteiger partial charge >= 0.3 is 0 Å². The summed E-state index contributed by atoms with van der Waals surface area (Å²) in [7, 11) is 0. The molecule has 2 aliphatic rings. The normalized spacial score (nSPS) is 23.5. The molecule has 2 N–H and O–H groups in total. The van der Waals surface area contributed by atoms with Crippen LogP contribution in [0.3, 0.4) is 0 Å². The molecule has 0 saturated carbocycles. The number of aliphatic imine (C=N–C) groups is 1. The minimum absolute atomic E-state index is 0. The van der Waals surface area contributed by atoms with Gasteiger partial charge in [-0.3, -0.25) is 9.89 Å². The Morgan fingerprint density at radius 2 is 2.07 bits per heavy atom. The number of morpholine rings is 1. The van der Waals surface area contributed by atoms with Gasteiger partial charge in [0, 0.05) is 43.2 Å². The van der Waals surface area contributed by atoms with Gasteiger partial charge in [0.15, 0.2) is 5.96 Å². The van der Waals surface area contributed by atoms with E-state index >= 15 is 0 Å². The lowest BCUT2D eigenvalue weighted by Crippen LogP contribution is -2.56. The number of thioether (sulfide) groups is 1. The fourth-order valence-corrected chi connectivity index (χ4v) is 6.01. The van der Waals surface area contributed by atoms with Crippen molar-refractivity contribution in [1.29, 1.82) is 0 Å². The third kappa shape index (κ3) is 6.45. The average Bonchev–Trinajstić information content (AvgIpc) is 3.28. The van der Waals surface area contributed by atoms with Crippen molar-refractivity contribution >= 4 is 53.0 Å². The molecule has 9 heteroatoms. The van der Waals surface area contributed by atoms with Crippen molar-refractivity contribution in [2.75, 3.05) is 57.4 Å². The molecule has 160 valence electrons. The van der Waals surface area contributed by atoms with E-state index in [1.807, 2.05) is 0 Å². The molecule has 0 bridgehead atoms. The van der Waals surface area contributed by atoms with Crippen molar-refractivity contribution in [1.82, 2.24) is 20.5 Å². The van der Waals surface area contributed by atoms with Crippen LogP contribution in [0.5, 0.6) is 0 Å². The molecule has 3 heterocycles. The molecule has 2 fully saturated rings. The summed E-state index contributed by atoms with van der Waals surface area (Å²) in [4.78, 5) is 13.5. The van der Waals surface area contributed by atoms with Crippen molar-refractivity contribution in [2.24, 2.45) is 4.99 Å². The van der Waals surface area contributed by atoms with Gasteiger partial charge in [-0.2, -0.15) is 11.8 Å². The molecule has 0 aromatic carbocycles. The largest absolute Gasteiger partial charge is 0.379 e. The Morgan fingerprint density at radius 3 is 2.68 bits per heavy atom. The van der Waals surface area contributed by atoms with Crippen molar-refractivity contribution in [3.05, 3.63) is 15.6 Å². The van der Waals surface area contributed by atoms with Gasteiger partial charge in [-0.05, 0) is 32.9 Å². The zero-order valence-electron chi connectivity index (χ0n) is 17.3. The molecule has 28 heavy (non-hydrogen) atoms. The average molecular weight is 540 g/mol. The molecule has 1 aromatic heterocycles. The molecular weight excluding hydrogens is 505 g/mol. The number of hydrogen-bond acceptors (Lipinski definition) is 6. The molecule has 1 aromatic rings. The van der Waals surface area contributed by atoms with Crippen LogP contribution in [0.4, 0.5) is 0 Å². The molecule has 2 aliphatic heterocycles. The second-order valence-corrected chi connectivity index (χ2v) is 9.64. The number of guanidine groups is 1. The predicted octanol–water partition coefficient (Wildman–Crippen LogP) is 2.68. The maximum atomic E-state index is 5.56. The Bertz CT molecular complexity index is 608. The van der Waals surface area contributed by atoms with Gasteiger partial charge in [0.2, 0.25) is 0 Å². The second-order valence-electron chi connectivity index (χ2n) is 7.25. The van der Waals surface area contributed by atoms with Crippen LogP contribution in [0.25, 0.3) is 0 Å². The van der Waals surface area contributed by atoms with Gasteiger partial charge < -0.3 is 15.4 Å². The number of thiazole rings is 1. The van der Waals surface area contributed by atoms with E-state index in [1.54, 1.807) is 11.3 Å². The highest BCUT2D eigenvalue weighted by molar-refractivity contribution is 14.0. The highest BCUT2D eigenvalue weighted by atomic mass is 127. The maximum Gasteiger partial charge on any atom is 0.191 e. The van der Waals surface area contributed by atoms with E-state index in [9.17, 15) is 0 Å². The van der Waals surface area contributed by atoms with E-state index in [0.717, 1.165) is 64.0 Å². The van der Waals surface area contributed by atoms with Gasteiger partial charge in [-0.15, -0.1) is 35.3 Å². The number of halogens is 1. The van der Waals surface area contributed by atoms with Crippen LogP contribution in [0.1, 0.15) is 28.9 Å². The fourth-order valence-electron chi connectivity index (χ4n) is 3.61. The molecule has 0 radical (unpaired) electrons. The Labute approximate surface area is 194 Å². The summed E-state index contributed by atoms with van der Waals surface area (Å²) in [5, 5.41) is 8.10. The second kappa shape index (κ2) is 11.9. The van der Waals surface area contributed by atoms with Crippen LogP contribution < -0.4 is 10.6 Å². The van der Waals surface area contributed by atoms with Gasteiger partial charge in [0.25, 0.3) is 0 Å². The van der Waals surface area contributed by atoms with Crippen LogP contribution >= 0.6 is 47.1 Å². The lowest BCUT2D eigenvalue weighted by Gasteiger charge is -2.42. The Balaban J connectivity index is 0.00000280. The van der Waals surface area contributed by atoms with Gasteiger partial charge in [-0.1, -0.05) is 0 Å². The van der Waals surface area contributed by atoms with Crippen LogP contribution in [0, 0.1) is 13.8 Å². The first-order valence-electron chi connectivity index (χ1n) is 9.98. The minimum atomic E-state index is 0. The monoisotopic (exact) mass is 539 g/mol. The minimum Gasteiger partial charge on any atom is -0.379 e. The molecule has 0 aliphatic carbocycles. The van der Waals surface area contributed by atoms with E-state index in [2.05, 4.69) is 53.1 Å². The molecule has 6 nitrogen and oxygen atoms in total. The number of nitrogens with one attached hydrogen (secondary N) is 2. The summed E-state index contributed by atoms with van der Waals surface area (Å²) < 4.78 is 5.56. The predicted molar refractivity (Wildman–Crippen MR) is 132 cm³/mol. The first kappa shape index (κ1) is 24.2. The first-order chi connectivity index (χ1) is 13.1. The standard InChI is InChI=1S/C19H33N5OS2.HI/c1-4-20-18(21-7-5-17-23-15(2)16(3)27-17)22-13-19(6-12-26-14-19)24-8-10-25-11-9-24;/h4-14H2,1-3H3,(H2,20,21,22);1H. The van der Waals surface area contributed by atoms with Crippen molar-refractivity contribution in [3.8, 4) is 0 Å². The third-order valence-electron chi connectivity index (χ3n) is 5.34. The quantitative estimate of drug-likeness (QED) is 0.316. The van der Waals surface area contributed by atoms with Crippen molar-refractivity contribution in [2.45, 2.75) is 39.2 Å². The van der Waals surface area contributed by atoms with E-state index < -0.39 is 0 Å². The van der Waals surface area contributed by atoms with Crippen LogP contribution in [0.2, 0.25) is 0 Å². The summed E-state index contributed by atoms with van der Waals surface area (Å²) in [5.41, 5.74) is 1.35. The molecule has 0 spiro atoms. The number of nitrogens with zero attached hydrogens (tertiary/aromatic N) is 3. The highest BCUT2D eigenvalue weighted by Crippen LogP contribution is 2.34. The molecule has 2 saturated heterocycles. The molecule has 1 atom stereocenters. The fraction of sp³-hybridized carbons (Fsp3) is 0.789. The lowest BCUT2D eigenvalue weighted by atomic mass is 9.96. The van der Waals surface area contributed by atoms with Crippen LogP contribution in [-0.4, -0.2) is 78.8 Å². The first-order valence-corrected chi connectivity index (χ1v) is 12.0. The molecule has 0 amide bonds. The number of hydrogen-bond donors (Lipinski definition) is 2. The zero-order valence-corrected chi connectivity index (χ0v) is 21.2. The summed E-state index contributed by atoms with van der Waals surface area (Å²) in [6, 6.07) is 0. The maximum absolute atomic E-state index is 5.56. The van der Waals surface area contributed by atoms with Crippen molar-refractivity contribution < 1.29 is 4.74 Å². The number of aromatic nitrogens is 1. The third-order valence-corrected chi connectivity index (χ3v) is 7.71. The molecular formula is C19H34IN5OS2. The highest BCUT2D eigenvalue weighted by Gasteiger charge is 2.40. The Morgan fingerprint density at radius 1 is 1.29 bits per heavy atom. The number of rotatable bonds is 7. The van der Waals surface area contributed by atoms with Gasteiger partial charge in [-0.25, -0.2) is 4.98 Å². The van der Waals surface area contributed by atoms with Crippen LogP contribution in [-0.2, 0) is 11.2 Å². The number of ether oxygens (including phenoxy) is 1. The SMILES string of the molecule is CCNC(=NCC1(N2CCOCC2)CCSC1)NCCc1nc(C)c(C)s1.I. The van der Waals surface area contributed by atoms with E-state index in [1.165, 1.54) is 27.8 Å². The van der Waals surface area contributed by atoms with Crippen LogP contribution in [0.15, 0.2) is 4.99 Å². The Hall–Kier alpha value is -0.100. The number of aryl methyl sites for hydroxylation is 2. The van der Waals surface area contributed by atoms with E-state index in [-0.39, 0.29) is 29.5 Å². The summed E-state index contributed by atoms with van der Waals surface area (Å²) >= 11 is 3.86. The molecule has 3 rings (SSSR count). The van der Waals surface area contributed by atoms with Crippen molar-refractivity contribution in [3.63, 3.8) is 0 Å². The zero-order chi connectivity index (χ0) is 19.1. The van der Waals surface area contributed by atoms with Gasteiger partial charge in [0.05, 0.1) is 36.0 Å². The smallest absolute Gasteiger partial charge is 0.191 e. The molecule has 1 unspecified atom stereocenters. The lowest BCUT2D eigenvalue weighted by molar-refractivity contribution is -0.0104. The Kier molecular flexibility index (Phi) is 10.3. The summed E-state index contributed by atoms with van der Waals surface area (Å²) in [6.45, 7) is 12.7. The summed E-state index contributed by atoms with van der Waals surface area (Å²) in [5.74, 6) is 3.33.